The summed E-state index contributed by atoms with van der Waals surface area (Å²) >= 11 is 1.74. The molecule has 5 rings (SSSR count). The fourth-order valence-electron chi connectivity index (χ4n) is 3.34. The number of nitrogens with one attached hydrogen (secondary N) is 1. The Balaban J connectivity index is 1.56. The zero-order valence-corrected chi connectivity index (χ0v) is 14.3. The number of rotatable bonds is 2. The fourth-order valence-corrected chi connectivity index (χ4v) is 4.48. The molecule has 1 aromatic carbocycles. The lowest BCUT2D eigenvalue weighted by atomic mass is 10.0. The first-order valence-electron chi connectivity index (χ1n) is 8.37. The second-order valence-corrected chi connectivity index (χ2v) is 7.32. The largest absolute Gasteiger partial charge is 0.482 e. The Kier molecular flexibility index (Phi) is 3.34. The summed E-state index contributed by atoms with van der Waals surface area (Å²) in [5.74, 6) is 1.39. The molecule has 2 aliphatic rings. The molecule has 0 atom stereocenters. The number of carbonyl (C=O) groups excluding carboxylic acids is 1. The lowest BCUT2D eigenvalue weighted by molar-refractivity contribution is -0.118. The van der Waals surface area contributed by atoms with Crippen LogP contribution in [-0.2, 0) is 17.6 Å². The van der Waals surface area contributed by atoms with Gasteiger partial charge in [-0.2, -0.15) is 0 Å². The Morgan fingerprint density at radius 1 is 1.24 bits per heavy atom. The van der Waals surface area contributed by atoms with Crippen molar-refractivity contribution in [2.45, 2.75) is 25.7 Å². The number of carbonyl (C=O) groups is 1. The van der Waals surface area contributed by atoms with Gasteiger partial charge in [-0.3, -0.25) is 9.36 Å². The van der Waals surface area contributed by atoms with Gasteiger partial charge in [0.1, 0.15) is 5.75 Å². The van der Waals surface area contributed by atoms with Crippen molar-refractivity contribution in [1.82, 2.24) is 14.5 Å². The van der Waals surface area contributed by atoms with E-state index in [0.717, 1.165) is 29.4 Å². The van der Waals surface area contributed by atoms with E-state index in [2.05, 4.69) is 10.3 Å². The molecular formula is C18H16N4O2S. The smallest absolute Gasteiger partial charge is 0.262 e. The first-order chi connectivity index (χ1) is 12.3. The molecule has 3 aromatic rings. The van der Waals surface area contributed by atoms with Crippen LogP contribution in [0.4, 0.5) is 5.69 Å². The molecule has 3 heterocycles. The van der Waals surface area contributed by atoms with Crippen LogP contribution in [0.3, 0.4) is 0 Å². The summed E-state index contributed by atoms with van der Waals surface area (Å²) in [6, 6.07) is 5.75. The summed E-state index contributed by atoms with van der Waals surface area (Å²) in [6.45, 7) is 0.0628. The molecule has 0 radical (unpaired) electrons. The Labute approximate surface area is 148 Å². The highest BCUT2D eigenvalue weighted by Gasteiger charge is 2.20. The van der Waals surface area contributed by atoms with Gasteiger partial charge in [0.25, 0.3) is 5.91 Å². The van der Waals surface area contributed by atoms with Crippen LogP contribution in [0.15, 0.2) is 30.6 Å². The van der Waals surface area contributed by atoms with Gasteiger partial charge in [0.2, 0.25) is 0 Å². The average Bonchev–Trinajstić information content (AvgIpc) is 3.27. The number of aromatic nitrogens is 3. The summed E-state index contributed by atoms with van der Waals surface area (Å²) in [5.41, 5.74) is 2.84. The van der Waals surface area contributed by atoms with Gasteiger partial charge >= 0.3 is 0 Å². The molecule has 1 amide bonds. The van der Waals surface area contributed by atoms with Crippen molar-refractivity contribution in [2.75, 3.05) is 11.9 Å². The molecule has 6 nitrogen and oxygen atoms in total. The van der Waals surface area contributed by atoms with E-state index < -0.39 is 0 Å². The molecule has 0 unspecified atom stereocenters. The van der Waals surface area contributed by atoms with Gasteiger partial charge in [0.15, 0.2) is 17.4 Å². The predicted molar refractivity (Wildman–Crippen MR) is 95.4 cm³/mol. The van der Waals surface area contributed by atoms with Crippen molar-refractivity contribution < 1.29 is 9.53 Å². The number of thiazole rings is 1. The maximum Gasteiger partial charge on any atom is 0.262 e. The average molecular weight is 352 g/mol. The number of imidazole rings is 1. The third kappa shape index (κ3) is 2.51. The molecule has 0 saturated carbocycles. The van der Waals surface area contributed by atoms with Gasteiger partial charge < -0.3 is 10.1 Å². The van der Waals surface area contributed by atoms with E-state index in [0.29, 0.717) is 11.4 Å². The van der Waals surface area contributed by atoms with Crippen molar-refractivity contribution in [3.8, 4) is 22.3 Å². The van der Waals surface area contributed by atoms with Gasteiger partial charge in [0.05, 0.1) is 11.4 Å². The molecule has 0 saturated heterocycles. The summed E-state index contributed by atoms with van der Waals surface area (Å²) in [4.78, 5) is 22.3. The summed E-state index contributed by atoms with van der Waals surface area (Å²) < 4.78 is 7.44. The van der Waals surface area contributed by atoms with E-state index in [9.17, 15) is 4.79 Å². The van der Waals surface area contributed by atoms with E-state index in [4.69, 9.17) is 9.72 Å². The van der Waals surface area contributed by atoms with Crippen LogP contribution in [0.5, 0.6) is 5.75 Å². The quantitative estimate of drug-likeness (QED) is 0.769. The van der Waals surface area contributed by atoms with Gasteiger partial charge in [-0.15, -0.1) is 11.3 Å². The molecule has 1 aliphatic carbocycles. The van der Waals surface area contributed by atoms with E-state index in [1.807, 2.05) is 29.0 Å². The highest BCUT2D eigenvalue weighted by molar-refractivity contribution is 7.15. The highest BCUT2D eigenvalue weighted by atomic mass is 32.1. The number of amides is 1. The first-order valence-corrected chi connectivity index (χ1v) is 9.19. The number of nitrogens with zero attached hydrogens (tertiary/aromatic N) is 3. The van der Waals surface area contributed by atoms with Gasteiger partial charge in [-0.25, -0.2) is 9.97 Å². The standard InChI is InChI=1S/C18H16N4O2S/c23-16-10-24-14-6-5-11(9-13(14)20-16)22-8-7-19-17(22)18-21-12-3-1-2-4-15(12)25-18/h5-9H,1-4,10H2,(H,20,23). The SMILES string of the molecule is O=C1COc2ccc(-n3ccnc3-c3nc4c(s3)CCCC4)cc2N1. The van der Waals surface area contributed by atoms with Crippen LogP contribution in [0, 0.1) is 0 Å². The number of aryl methyl sites for hydroxylation is 2. The summed E-state index contributed by atoms with van der Waals surface area (Å²) in [7, 11) is 0. The van der Waals surface area contributed by atoms with E-state index in [1.54, 1.807) is 17.5 Å². The molecule has 1 aliphatic heterocycles. The van der Waals surface area contributed by atoms with Crippen LogP contribution < -0.4 is 10.1 Å². The molecular weight excluding hydrogens is 336 g/mol. The Bertz CT molecular complexity index is 952. The lowest BCUT2D eigenvalue weighted by Crippen LogP contribution is -2.25. The van der Waals surface area contributed by atoms with Crippen molar-refractivity contribution in [3.63, 3.8) is 0 Å². The number of ether oxygens (including phenoxy) is 1. The van der Waals surface area contributed by atoms with Gasteiger partial charge in [0, 0.05) is 23.0 Å². The van der Waals surface area contributed by atoms with Crippen LogP contribution in [0.25, 0.3) is 16.5 Å². The predicted octanol–water partition coefficient (Wildman–Crippen LogP) is 3.21. The minimum absolute atomic E-state index is 0.0628. The van der Waals surface area contributed by atoms with Crippen LogP contribution in [0.2, 0.25) is 0 Å². The van der Waals surface area contributed by atoms with E-state index in [1.165, 1.54) is 23.4 Å². The van der Waals surface area contributed by atoms with Crippen molar-refractivity contribution in [3.05, 3.63) is 41.2 Å². The van der Waals surface area contributed by atoms with Gasteiger partial charge in [-0.05, 0) is 43.9 Å². The minimum Gasteiger partial charge on any atom is -0.482 e. The highest BCUT2D eigenvalue weighted by Crippen LogP contribution is 2.34. The second-order valence-electron chi connectivity index (χ2n) is 6.23. The van der Waals surface area contributed by atoms with Gasteiger partial charge in [-0.1, -0.05) is 0 Å². The number of hydrogen-bond acceptors (Lipinski definition) is 5. The molecule has 0 spiro atoms. The summed E-state index contributed by atoms with van der Waals surface area (Å²) in [5, 5.41) is 3.80. The van der Waals surface area contributed by atoms with Crippen LogP contribution >= 0.6 is 11.3 Å². The Morgan fingerprint density at radius 3 is 3.08 bits per heavy atom. The second kappa shape index (κ2) is 5.70. The monoisotopic (exact) mass is 352 g/mol. The minimum atomic E-state index is -0.136. The molecule has 0 bridgehead atoms. The van der Waals surface area contributed by atoms with E-state index >= 15 is 0 Å². The molecule has 7 heteroatoms. The van der Waals surface area contributed by atoms with E-state index in [-0.39, 0.29) is 12.5 Å². The third-order valence-electron chi connectivity index (χ3n) is 4.55. The molecule has 2 aromatic heterocycles. The molecule has 0 fully saturated rings. The number of fused-ring (bicyclic) bond motifs is 2. The maximum atomic E-state index is 11.6. The molecule has 1 N–H and O–H groups in total. The zero-order valence-electron chi connectivity index (χ0n) is 13.5. The number of benzene rings is 1. The lowest BCUT2D eigenvalue weighted by Gasteiger charge is -2.19. The zero-order chi connectivity index (χ0) is 16.8. The topological polar surface area (TPSA) is 69.0 Å². The summed E-state index contributed by atoms with van der Waals surface area (Å²) in [6.07, 6.45) is 8.35. The third-order valence-corrected chi connectivity index (χ3v) is 5.71. The first kappa shape index (κ1) is 14.7. The Hall–Kier alpha value is -2.67. The van der Waals surface area contributed by atoms with Crippen molar-refractivity contribution in [2.24, 2.45) is 0 Å². The Morgan fingerprint density at radius 2 is 2.16 bits per heavy atom. The van der Waals surface area contributed by atoms with Crippen molar-refractivity contribution in [1.29, 1.82) is 0 Å². The molecule has 25 heavy (non-hydrogen) atoms. The number of anilines is 1. The maximum absolute atomic E-state index is 11.6. The van der Waals surface area contributed by atoms with Crippen LogP contribution in [-0.4, -0.2) is 27.0 Å². The number of hydrogen-bond donors (Lipinski definition) is 1. The molecule has 126 valence electrons. The fraction of sp³-hybridized carbons (Fsp3) is 0.278. The normalized spacial score (nSPS) is 15.9. The van der Waals surface area contributed by atoms with Crippen LogP contribution in [0.1, 0.15) is 23.4 Å². The van der Waals surface area contributed by atoms with Crippen molar-refractivity contribution >= 4 is 22.9 Å².